The summed E-state index contributed by atoms with van der Waals surface area (Å²) >= 11 is 0. The average molecular weight is 166 g/mol. The smallest absolute Gasteiger partial charge is 0.0853 e. The van der Waals surface area contributed by atoms with Gasteiger partial charge in [-0.2, -0.15) is 0 Å². The maximum Gasteiger partial charge on any atom is 0.0853 e. The van der Waals surface area contributed by atoms with Gasteiger partial charge in [0.2, 0.25) is 0 Å². The molecule has 1 N–H and O–H groups in total. The molecule has 0 radical (unpaired) electrons. The highest BCUT2D eigenvalue weighted by Gasteiger charge is 1.99. The normalized spacial score (nSPS) is 10.0. The molecule has 0 saturated carbocycles. The standard InChI is InChI=1S/C9H14N2O/c1-7-4-9(11(2)3)5-8(6-12)10-7/h4-5,12H,6H2,1-3H3. The van der Waals surface area contributed by atoms with Crippen LogP contribution < -0.4 is 4.90 Å². The van der Waals surface area contributed by atoms with Crippen LogP contribution in [0.5, 0.6) is 0 Å². The van der Waals surface area contributed by atoms with E-state index >= 15 is 0 Å². The number of hydrogen-bond donors (Lipinski definition) is 1. The van der Waals surface area contributed by atoms with E-state index in [-0.39, 0.29) is 6.61 Å². The molecule has 1 aromatic rings. The first kappa shape index (κ1) is 9.00. The number of nitrogens with zero attached hydrogens (tertiary/aromatic N) is 2. The second-order valence-corrected chi connectivity index (χ2v) is 3.01. The summed E-state index contributed by atoms with van der Waals surface area (Å²) in [5, 5.41) is 8.89. The summed E-state index contributed by atoms with van der Waals surface area (Å²) in [4.78, 5) is 6.15. The highest BCUT2D eigenvalue weighted by atomic mass is 16.3. The Morgan fingerprint density at radius 2 is 2.08 bits per heavy atom. The molecule has 66 valence electrons. The van der Waals surface area contributed by atoms with Crippen LogP contribution in [0, 0.1) is 6.92 Å². The van der Waals surface area contributed by atoms with Gasteiger partial charge in [0.15, 0.2) is 0 Å². The molecule has 0 spiro atoms. The third-order valence-electron chi connectivity index (χ3n) is 1.67. The number of rotatable bonds is 2. The van der Waals surface area contributed by atoms with Gasteiger partial charge in [-0.1, -0.05) is 0 Å². The zero-order chi connectivity index (χ0) is 9.14. The molecule has 0 unspecified atom stereocenters. The van der Waals surface area contributed by atoms with Gasteiger partial charge in [0, 0.05) is 25.5 Å². The van der Waals surface area contributed by atoms with Crippen molar-refractivity contribution in [3.05, 3.63) is 23.5 Å². The number of anilines is 1. The second-order valence-electron chi connectivity index (χ2n) is 3.01. The zero-order valence-corrected chi connectivity index (χ0v) is 7.70. The zero-order valence-electron chi connectivity index (χ0n) is 7.70. The molecule has 1 rings (SSSR count). The second kappa shape index (κ2) is 3.54. The van der Waals surface area contributed by atoms with Gasteiger partial charge in [0.1, 0.15) is 0 Å². The fourth-order valence-corrected chi connectivity index (χ4v) is 1.06. The van der Waals surface area contributed by atoms with E-state index in [4.69, 9.17) is 5.11 Å². The summed E-state index contributed by atoms with van der Waals surface area (Å²) in [6.07, 6.45) is 0. The lowest BCUT2D eigenvalue weighted by molar-refractivity contribution is 0.276. The fraction of sp³-hybridized carbons (Fsp3) is 0.444. The van der Waals surface area contributed by atoms with Gasteiger partial charge in [-0.3, -0.25) is 4.98 Å². The van der Waals surface area contributed by atoms with Gasteiger partial charge in [-0.05, 0) is 19.1 Å². The van der Waals surface area contributed by atoms with Crippen molar-refractivity contribution in [2.45, 2.75) is 13.5 Å². The van der Waals surface area contributed by atoms with E-state index in [1.165, 1.54) is 0 Å². The Labute approximate surface area is 72.7 Å². The van der Waals surface area contributed by atoms with Crippen molar-refractivity contribution in [3.63, 3.8) is 0 Å². The number of aryl methyl sites for hydroxylation is 1. The molecule has 12 heavy (non-hydrogen) atoms. The average Bonchev–Trinajstić information content (AvgIpc) is 2.03. The van der Waals surface area contributed by atoms with Crippen molar-refractivity contribution in [1.29, 1.82) is 0 Å². The van der Waals surface area contributed by atoms with E-state index in [2.05, 4.69) is 4.98 Å². The van der Waals surface area contributed by atoms with Crippen LogP contribution in [0.3, 0.4) is 0 Å². The molecule has 0 saturated heterocycles. The maximum absolute atomic E-state index is 8.89. The summed E-state index contributed by atoms with van der Waals surface area (Å²) in [6, 6.07) is 3.87. The lowest BCUT2D eigenvalue weighted by atomic mass is 10.2. The molecule has 1 heterocycles. The van der Waals surface area contributed by atoms with Crippen LogP contribution in [0.15, 0.2) is 12.1 Å². The predicted molar refractivity (Wildman–Crippen MR) is 49.2 cm³/mol. The quantitative estimate of drug-likeness (QED) is 0.710. The van der Waals surface area contributed by atoms with Crippen molar-refractivity contribution in [2.24, 2.45) is 0 Å². The molecule has 0 fully saturated rings. The Kier molecular flexibility index (Phi) is 2.65. The Morgan fingerprint density at radius 1 is 1.42 bits per heavy atom. The Morgan fingerprint density at radius 3 is 2.58 bits per heavy atom. The summed E-state index contributed by atoms with van der Waals surface area (Å²) < 4.78 is 0. The van der Waals surface area contributed by atoms with E-state index in [1.807, 2.05) is 38.1 Å². The molecule has 1 aromatic heterocycles. The molecular weight excluding hydrogens is 152 g/mol. The lowest BCUT2D eigenvalue weighted by Gasteiger charge is -2.13. The Balaban J connectivity index is 3.06. The number of aliphatic hydroxyl groups is 1. The van der Waals surface area contributed by atoms with Gasteiger partial charge >= 0.3 is 0 Å². The first-order valence-corrected chi connectivity index (χ1v) is 3.89. The first-order valence-electron chi connectivity index (χ1n) is 3.89. The van der Waals surface area contributed by atoms with E-state index < -0.39 is 0 Å². The largest absolute Gasteiger partial charge is 0.390 e. The highest BCUT2D eigenvalue weighted by Crippen LogP contribution is 2.13. The molecule has 0 amide bonds. The van der Waals surface area contributed by atoms with Crippen LogP contribution in [0.4, 0.5) is 5.69 Å². The van der Waals surface area contributed by atoms with Crippen LogP contribution >= 0.6 is 0 Å². The van der Waals surface area contributed by atoms with E-state index in [0.29, 0.717) is 0 Å². The highest BCUT2D eigenvalue weighted by molar-refractivity contribution is 5.46. The summed E-state index contributed by atoms with van der Waals surface area (Å²) in [6.45, 7) is 1.93. The van der Waals surface area contributed by atoms with Gasteiger partial charge < -0.3 is 10.0 Å². The molecule has 0 aliphatic rings. The summed E-state index contributed by atoms with van der Waals surface area (Å²) in [5.74, 6) is 0. The fourth-order valence-electron chi connectivity index (χ4n) is 1.06. The molecule has 3 nitrogen and oxygen atoms in total. The minimum Gasteiger partial charge on any atom is -0.390 e. The minimum atomic E-state index is 0.00250. The SMILES string of the molecule is Cc1cc(N(C)C)cc(CO)n1. The molecule has 0 aliphatic carbocycles. The van der Waals surface area contributed by atoms with Crippen LogP contribution in [0.2, 0.25) is 0 Å². The monoisotopic (exact) mass is 166 g/mol. The van der Waals surface area contributed by atoms with Gasteiger partial charge in [-0.15, -0.1) is 0 Å². The van der Waals surface area contributed by atoms with E-state index in [1.54, 1.807) is 0 Å². The molecule has 3 heteroatoms. The van der Waals surface area contributed by atoms with Gasteiger partial charge in [0.25, 0.3) is 0 Å². The van der Waals surface area contributed by atoms with Gasteiger partial charge in [-0.25, -0.2) is 0 Å². The van der Waals surface area contributed by atoms with Crippen LogP contribution in [0.1, 0.15) is 11.4 Å². The Bertz CT molecular complexity index is 271. The molecule has 0 aromatic carbocycles. The Hall–Kier alpha value is -1.09. The first-order chi connectivity index (χ1) is 5.63. The predicted octanol–water partition coefficient (Wildman–Crippen LogP) is 0.948. The van der Waals surface area contributed by atoms with Crippen molar-refractivity contribution in [1.82, 2.24) is 4.98 Å². The summed E-state index contributed by atoms with van der Waals surface area (Å²) in [7, 11) is 3.94. The summed E-state index contributed by atoms with van der Waals surface area (Å²) in [5.41, 5.74) is 2.73. The number of aromatic nitrogens is 1. The van der Waals surface area contributed by atoms with E-state index in [9.17, 15) is 0 Å². The van der Waals surface area contributed by atoms with Crippen molar-refractivity contribution >= 4 is 5.69 Å². The van der Waals surface area contributed by atoms with Gasteiger partial charge in [0.05, 0.1) is 12.3 Å². The topological polar surface area (TPSA) is 36.4 Å². The maximum atomic E-state index is 8.89. The number of hydrogen-bond acceptors (Lipinski definition) is 3. The molecule has 0 aliphatic heterocycles. The third kappa shape index (κ3) is 1.95. The lowest BCUT2D eigenvalue weighted by Crippen LogP contribution is -2.10. The number of pyridine rings is 1. The number of aliphatic hydroxyl groups excluding tert-OH is 1. The molecular formula is C9H14N2O. The van der Waals surface area contributed by atoms with Crippen molar-refractivity contribution < 1.29 is 5.11 Å². The molecule has 0 atom stereocenters. The van der Waals surface area contributed by atoms with Crippen LogP contribution in [-0.2, 0) is 6.61 Å². The van der Waals surface area contributed by atoms with Crippen molar-refractivity contribution in [2.75, 3.05) is 19.0 Å². The van der Waals surface area contributed by atoms with Crippen LogP contribution in [-0.4, -0.2) is 24.2 Å². The minimum absolute atomic E-state index is 0.00250. The van der Waals surface area contributed by atoms with Crippen molar-refractivity contribution in [3.8, 4) is 0 Å². The third-order valence-corrected chi connectivity index (χ3v) is 1.67. The van der Waals surface area contributed by atoms with Crippen LogP contribution in [0.25, 0.3) is 0 Å². The molecule has 0 bridgehead atoms. The van der Waals surface area contributed by atoms with E-state index in [0.717, 1.165) is 17.1 Å².